The van der Waals surface area contributed by atoms with E-state index in [0.29, 0.717) is 0 Å². The Hall–Kier alpha value is -1.02. The molecule has 0 saturated carbocycles. The number of benzene rings is 1. The highest BCUT2D eigenvalue weighted by Gasteiger charge is 2.38. The van der Waals surface area contributed by atoms with Crippen LogP contribution in [-0.2, 0) is 6.42 Å². The van der Waals surface area contributed by atoms with Crippen molar-refractivity contribution in [1.29, 1.82) is 0 Å². The molecule has 92 valence electrons. The molecule has 1 fully saturated rings. The van der Waals surface area contributed by atoms with Gasteiger partial charge in [-0.3, -0.25) is 4.90 Å². The van der Waals surface area contributed by atoms with Gasteiger partial charge in [0.15, 0.2) is 0 Å². The van der Waals surface area contributed by atoms with Crippen LogP contribution in [0.1, 0.15) is 43.2 Å². The van der Waals surface area contributed by atoms with E-state index in [0.717, 1.165) is 17.6 Å². The number of hydrogen-bond acceptors (Lipinski definition) is 2. The summed E-state index contributed by atoms with van der Waals surface area (Å²) in [6.07, 6.45) is 5.19. The van der Waals surface area contributed by atoms with Crippen molar-refractivity contribution in [3.63, 3.8) is 0 Å². The first-order chi connectivity index (χ1) is 8.29. The maximum atomic E-state index is 5.90. The number of nitrogen functional groups attached to an aromatic ring is 1. The van der Waals surface area contributed by atoms with E-state index >= 15 is 0 Å². The normalized spacial score (nSPS) is 27.8. The van der Waals surface area contributed by atoms with E-state index in [9.17, 15) is 0 Å². The number of anilines is 1. The molecule has 0 bridgehead atoms. The third kappa shape index (κ3) is 1.85. The van der Waals surface area contributed by atoms with E-state index in [4.69, 9.17) is 5.73 Å². The zero-order valence-electron chi connectivity index (χ0n) is 10.7. The molecule has 1 saturated heterocycles. The van der Waals surface area contributed by atoms with Crippen LogP contribution in [0, 0.1) is 0 Å². The number of nitrogens with zero attached hydrogens (tertiary/aromatic N) is 1. The first-order valence-electron chi connectivity index (χ1n) is 6.92. The molecule has 2 heteroatoms. The average Bonchev–Trinajstić information content (AvgIpc) is 2.68. The van der Waals surface area contributed by atoms with Gasteiger partial charge in [-0.15, -0.1) is 0 Å². The second-order valence-corrected chi connectivity index (χ2v) is 5.51. The molecule has 1 aromatic rings. The number of hydrogen-bond donors (Lipinski definition) is 1. The van der Waals surface area contributed by atoms with Crippen LogP contribution in [0.15, 0.2) is 18.2 Å². The van der Waals surface area contributed by atoms with Gasteiger partial charge in [-0.05, 0) is 62.0 Å². The van der Waals surface area contributed by atoms with Crippen LogP contribution in [0.3, 0.4) is 0 Å². The fourth-order valence-corrected chi connectivity index (χ4v) is 3.72. The fourth-order valence-electron chi connectivity index (χ4n) is 3.72. The van der Waals surface area contributed by atoms with Crippen molar-refractivity contribution in [1.82, 2.24) is 4.90 Å². The molecule has 0 radical (unpaired) electrons. The number of likely N-dealkylation sites (tertiary alicyclic amines) is 1. The fraction of sp³-hybridized carbons (Fsp3) is 0.600. The van der Waals surface area contributed by atoms with Gasteiger partial charge in [0.25, 0.3) is 0 Å². The summed E-state index contributed by atoms with van der Waals surface area (Å²) in [4.78, 5) is 2.70. The highest BCUT2D eigenvalue weighted by molar-refractivity contribution is 5.49. The van der Waals surface area contributed by atoms with Crippen molar-refractivity contribution < 1.29 is 0 Å². The average molecular weight is 230 g/mol. The second-order valence-electron chi connectivity index (χ2n) is 5.51. The molecule has 2 atom stereocenters. The van der Waals surface area contributed by atoms with Crippen molar-refractivity contribution in [2.45, 2.75) is 44.6 Å². The van der Waals surface area contributed by atoms with E-state index in [1.165, 1.54) is 44.3 Å². The highest BCUT2D eigenvalue weighted by atomic mass is 15.2. The van der Waals surface area contributed by atoms with E-state index in [1.54, 1.807) is 5.56 Å². The quantitative estimate of drug-likeness (QED) is 0.792. The van der Waals surface area contributed by atoms with Crippen molar-refractivity contribution in [3.05, 3.63) is 29.3 Å². The summed E-state index contributed by atoms with van der Waals surface area (Å²) < 4.78 is 0. The van der Waals surface area contributed by atoms with Crippen molar-refractivity contribution in [3.8, 4) is 0 Å². The molecule has 1 aliphatic heterocycles. The smallest absolute Gasteiger partial charge is 0.0316 e. The zero-order chi connectivity index (χ0) is 11.8. The van der Waals surface area contributed by atoms with E-state index in [2.05, 4.69) is 30.0 Å². The third-order valence-corrected chi connectivity index (χ3v) is 4.40. The van der Waals surface area contributed by atoms with Crippen LogP contribution in [0.2, 0.25) is 0 Å². The van der Waals surface area contributed by atoms with Crippen molar-refractivity contribution >= 4 is 5.69 Å². The SMILES string of the molecule is CCCN1CCC[C@H]2c3ccc(N)cc3C[C@@H]21. The summed E-state index contributed by atoms with van der Waals surface area (Å²) in [7, 11) is 0. The minimum Gasteiger partial charge on any atom is -0.399 e. The maximum Gasteiger partial charge on any atom is 0.0316 e. The molecule has 1 aromatic carbocycles. The lowest BCUT2D eigenvalue weighted by Crippen LogP contribution is -2.42. The molecule has 2 aliphatic rings. The molecule has 0 amide bonds. The van der Waals surface area contributed by atoms with Crippen LogP contribution in [-0.4, -0.2) is 24.0 Å². The Balaban J connectivity index is 1.89. The summed E-state index contributed by atoms with van der Waals surface area (Å²) in [6.45, 7) is 4.83. The van der Waals surface area contributed by atoms with Crippen molar-refractivity contribution in [2.75, 3.05) is 18.8 Å². The van der Waals surface area contributed by atoms with Crippen molar-refractivity contribution in [2.24, 2.45) is 0 Å². The minimum atomic E-state index is 0.750. The van der Waals surface area contributed by atoms with Gasteiger partial charge in [0, 0.05) is 17.6 Å². The second kappa shape index (κ2) is 4.34. The topological polar surface area (TPSA) is 29.3 Å². The maximum absolute atomic E-state index is 5.90. The minimum absolute atomic E-state index is 0.750. The van der Waals surface area contributed by atoms with Crippen LogP contribution in [0.25, 0.3) is 0 Å². The van der Waals surface area contributed by atoms with Gasteiger partial charge in [-0.25, -0.2) is 0 Å². The first-order valence-corrected chi connectivity index (χ1v) is 6.92. The van der Waals surface area contributed by atoms with Gasteiger partial charge < -0.3 is 5.73 Å². The Morgan fingerprint density at radius 2 is 2.29 bits per heavy atom. The molecular formula is C15H22N2. The van der Waals surface area contributed by atoms with Crippen LogP contribution >= 0.6 is 0 Å². The van der Waals surface area contributed by atoms with Crippen LogP contribution in [0.4, 0.5) is 5.69 Å². The summed E-state index contributed by atoms with van der Waals surface area (Å²) in [5.41, 5.74) is 9.90. The standard InChI is InChI=1S/C15H22N2/c1-2-7-17-8-3-4-14-13-6-5-12(16)9-11(13)10-15(14)17/h5-6,9,14-15H,2-4,7-8,10,16H2,1H3/t14-,15-/m0/s1. The van der Waals surface area contributed by atoms with Crippen LogP contribution in [0.5, 0.6) is 0 Å². The Bertz CT molecular complexity index is 411. The number of rotatable bonds is 2. The molecule has 1 aliphatic carbocycles. The Morgan fingerprint density at radius 3 is 3.12 bits per heavy atom. The Morgan fingerprint density at radius 1 is 1.41 bits per heavy atom. The lowest BCUT2D eigenvalue weighted by Gasteiger charge is -2.37. The number of piperidine rings is 1. The van der Waals surface area contributed by atoms with Gasteiger partial charge in [0.1, 0.15) is 0 Å². The molecule has 2 nitrogen and oxygen atoms in total. The predicted octanol–water partition coefficient (Wildman–Crippen LogP) is 2.78. The number of fused-ring (bicyclic) bond motifs is 3. The van der Waals surface area contributed by atoms with Gasteiger partial charge >= 0.3 is 0 Å². The lowest BCUT2D eigenvalue weighted by atomic mass is 9.88. The summed E-state index contributed by atoms with van der Waals surface area (Å²) >= 11 is 0. The predicted molar refractivity (Wildman–Crippen MR) is 72.2 cm³/mol. The van der Waals surface area contributed by atoms with E-state index in [-0.39, 0.29) is 0 Å². The number of nitrogens with two attached hydrogens (primary N) is 1. The molecule has 0 unspecified atom stereocenters. The molecule has 0 aromatic heterocycles. The molecule has 17 heavy (non-hydrogen) atoms. The Kier molecular flexibility index (Phi) is 2.83. The highest BCUT2D eigenvalue weighted by Crippen LogP contribution is 2.42. The zero-order valence-corrected chi connectivity index (χ0v) is 10.7. The summed E-state index contributed by atoms with van der Waals surface area (Å²) in [5, 5.41) is 0. The van der Waals surface area contributed by atoms with Gasteiger partial charge in [-0.1, -0.05) is 13.0 Å². The molecule has 1 heterocycles. The molecule has 0 spiro atoms. The largest absolute Gasteiger partial charge is 0.399 e. The Labute approximate surface area is 104 Å². The molecular weight excluding hydrogens is 208 g/mol. The van der Waals surface area contributed by atoms with Gasteiger partial charge in [0.05, 0.1) is 0 Å². The third-order valence-electron chi connectivity index (χ3n) is 4.40. The van der Waals surface area contributed by atoms with E-state index < -0.39 is 0 Å². The van der Waals surface area contributed by atoms with Gasteiger partial charge in [0.2, 0.25) is 0 Å². The summed E-state index contributed by atoms with van der Waals surface area (Å²) in [6, 6.07) is 7.28. The monoisotopic (exact) mass is 230 g/mol. The van der Waals surface area contributed by atoms with E-state index in [1.807, 2.05) is 0 Å². The first kappa shape index (κ1) is 11.1. The van der Waals surface area contributed by atoms with Gasteiger partial charge in [-0.2, -0.15) is 0 Å². The molecule has 2 N–H and O–H groups in total. The lowest BCUT2D eigenvalue weighted by molar-refractivity contribution is 0.137. The van der Waals surface area contributed by atoms with Crippen LogP contribution < -0.4 is 5.73 Å². The molecule has 3 rings (SSSR count). The summed E-state index contributed by atoms with van der Waals surface area (Å²) in [5.74, 6) is 0.769.